The van der Waals surface area contributed by atoms with Crippen LogP contribution in [0.4, 0.5) is 0 Å². The zero-order valence-electron chi connectivity index (χ0n) is 10.2. The zero-order valence-corrected chi connectivity index (χ0v) is 13.3. The van der Waals surface area contributed by atoms with Gasteiger partial charge in [-0.05, 0) is 24.3 Å². The van der Waals surface area contributed by atoms with Crippen molar-refractivity contribution in [2.24, 2.45) is 5.10 Å². The minimum absolute atomic E-state index is 0.0956. The molecular formula is C14H10Br2N2O2. The molecule has 0 aliphatic carbocycles. The van der Waals surface area contributed by atoms with E-state index in [0.29, 0.717) is 4.47 Å². The molecule has 0 bridgehead atoms. The number of aromatic hydroxyl groups is 1. The molecule has 0 unspecified atom stereocenters. The van der Waals surface area contributed by atoms with Gasteiger partial charge in [0.15, 0.2) is 0 Å². The molecule has 0 radical (unpaired) electrons. The molecule has 0 saturated heterocycles. The van der Waals surface area contributed by atoms with Gasteiger partial charge in [0.2, 0.25) is 0 Å². The van der Waals surface area contributed by atoms with E-state index in [1.165, 1.54) is 18.3 Å². The lowest BCUT2D eigenvalue weighted by Gasteiger charge is -2.03. The molecule has 2 rings (SSSR count). The number of benzene rings is 2. The SMILES string of the molecule is O=C(N/N=C\c1ccccc1Br)c1cc(Br)ccc1O. The average molecular weight is 398 g/mol. The second-order valence-electron chi connectivity index (χ2n) is 3.88. The summed E-state index contributed by atoms with van der Waals surface area (Å²) in [7, 11) is 0. The Balaban J connectivity index is 2.09. The number of hydrogen-bond acceptors (Lipinski definition) is 3. The Morgan fingerprint density at radius 3 is 2.70 bits per heavy atom. The summed E-state index contributed by atoms with van der Waals surface area (Å²) >= 11 is 6.62. The number of phenols is 1. The van der Waals surface area contributed by atoms with E-state index < -0.39 is 5.91 Å². The molecule has 20 heavy (non-hydrogen) atoms. The number of nitrogens with one attached hydrogen (secondary N) is 1. The normalized spacial score (nSPS) is 10.7. The first kappa shape index (κ1) is 14.7. The van der Waals surface area contributed by atoms with E-state index in [2.05, 4.69) is 42.4 Å². The molecule has 6 heteroatoms. The van der Waals surface area contributed by atoms with Gasteiger partial charge in [-0.15, -0.1) is 0 Å². The van der Waals surface area contributed by atoms with Crippen molar-refractivity contribution in [2.75, 3.05) is 0 Å². The Morgan fingerprint density at radius 2 is 1.95 bits per heavy atom. The second kappa shape index (κ2) is 6.67. The first-order valence-corrected chi connectivity index (χ1v) is 7.23. The van der Waals surface area contributed by atoms with E-state index in [0.717, 1.165) is 10.0 Å². The summed E-state index contributed by atoms with van der Waals surface area (Å²) in [6.07, 6.45) is 1.52. The van der Waals surface area contributed by atoms with Gasteiger partial charge < -0.3 is 5.11 Å². The van der Waals surface area contributed by atoms with E-state index in [-0.39, 0.29) is 11.3 Å². The van der Waals surface area contributed by atoms with Crippen molar-refractivity contribution in [3.05, 3.63) is 62.5 Å². The lowest BCUT2D eigenvalue weighted by Crippen LogP contribution is -2.17. The molecule has 0 aliphatic heterocycles. The van der Waals surface area contributed by atoms with Gasteiger partial charge in [0.05, 0.1) is 11.8 Å². The van der Waals surface area contributed by atoms with Gasteiger partial charge in [0.25, 0.3) is 5.91 Å². The van der Waals surface area contributed by atoms with Crippen molar-refractivity contribution < 1.29 is 9.90 Å². The van der Waals surface area contributed by atoms with Crippen molar-refractivity contribution in [3.63, 3.8) is 0 Å². The molecule has 0 saturated carbocycles. The van der Waals surface area contributed by atoms with E-state index in [4.69, 9.17) is 0 Å². The van der Waals surface area contributed by atoms with E-state index in [1.54, 1.807) is 6.07 Å². The monoisotopic (exact) mass is 396 g/mol. The quantitative estimate of drug-likeness (QED) is 0.612. The molecule has 0 aromatic heterocycles. The minimum Gasteiger partial charge on any atom is -0.507 e. The predicted molar refractivity (Wildman–Crippen MR) is 85.0 cm³/mol. The fraction of sp³-hybridized carbons (Fsp3) is 0. The maximum absolute atomic E-state index is 11.9. The first-order chi connectivity index (χ1) is 9.58. The van der Waals surface area contributed by atoms with Crippen LogP contribution in [0.15, 0.2) is 56.5 Å². The molecule has 1 amide bonds. The molecule has 0 atom stereocenters. The third kappa shape index (κ3) is 3.68. The number of hydrogen-bond donors (Lipinski definition) is 2. The number of carbonyl (C=O) groups is 1. The van der Waals surface area contributed by atoms with Crippen LogP contribution in [-0.4, -0.2) is 17.2 Å². The largest absolute Gasteiger partial charge is 0.507 e. The van der Waals surface area contributed by atoms with Crippen LogP contribution in [0.1, 0.15) is 15.9 Å². The highest BCUT2D eigenvalue weighted by Crippen LogP contribution is 2.21. The molecule has 102 valence electrons. The number of hydrazone groups is 1. The Bertz CT molecular complexity index is 672. The number of phenolic OH excluding ortho intramolecular Hbond substituents is 1. The topological polar surface area (TPSA) is 61.7 Å². The maximum Gasteiger partial charge on any atom is 0.275 e. The van der Waals surface area contributed by atoms with Crippen LogP contribution in [-0.2, 0) is 0 Å². The van der Waals surface area contributed by atoms with Crippen LogP contribution < -0.4 is 5.43 Å². The molecule has 0 spiro atoms. The van der Waals surface area contributed by atoms with Crippen LogP contribution in [0, 0.1) is 0 Å². The number of nitrogens with zero attached hydrogens (tertiary/aromatic N) is 1. The van der Waals surface area contributed by atoms with Gasteiger partial charge in [0.1, 0.15) is 5.75 Å². The summed E-state index contributed by atoms with van der Waals surface area (Å²) in [5.41, 5.74) is 3.37. The summed E-state index contributed by atoms with van der Waals surface area (Å²) in [6, 6.07) is 12.1. The molecule has 2 aromatic rings. The van der Waals surface area contributed by atoms with Gasteiger partial charge in [-0.1, -0.05) is 50.1 Å². The standard InChI is InChI=1S/C14H10Br2N2O2/c15-10-5-6-13(19)11(7-10)14(20)18-17-8-9-3-1-2-4-12(9)16/h1-8,19H,(H,18,20)/b17-8-. The van der Waals surface area contributed by atoms with Crippen molar-refractivity contribution in [3.8, 4) is 5.75 Å². The molecule has 2 N–H and O–H groups in total. The Morgan fingerprint density at radius 1 is 1.20 bits per heavy atom. The minimum atomic E-state index is -0.480. The highest BCUT2D eigenvalue weighted by Gasteiger charge is 2.10. The molecule has 0 heterocycles. The summed E-state index contributed by atoms with van der Waals surface area (Å²) in [5.74, 6) is -0.575. The number of amides is 1. The van der Waals surface area contributed by atoms with Gasteiger partial charge >= 0.3 is 0 Å². The lowest BCUT2D eigenvalue weighted by molar-refractivity contribution is 0.0952. The number of carbonyl (C=O) groups excluding carboxylic acids is 1. The Kier molecular flexibility index (Phi) is 4.92. The molecule has 0 aliphatic rings. The molecule has 2 aromatic carbocycles. The number of halogens is 2. The fourth-order valence-electron chi connectivity index (χ4n) is 1.49. The summed E-state index contributed by atoms with van der Waals surface area (Å²) in [5, 5.41) is 13.5. The summed E-state index contributed by atoms with van der Waals surface area (Å²) < 4.78 is 1.58. The van der Waals surface area contributed by atoms with Crippen LogP contribution in [0.5, 0.6) is 5.75 Å². The van der Waals surface area contributed by atoms with Crippen LogP contribution in [0.25, 0.3) is 0 Å². The maximum atomic E-state index is 11.9. The predicted octanol–water partition coefficient (Wildman–Crippen LogP) is 3.68. The van der Waals surface area contributed by atoms with E-state index in [1.807, 2.05) is 24.3 Å². The van der Waals surface area contributed by atoms with Crippen molar-refractivity contribution in [1.29, 1.82) is 0 Å². The third-order valence-corrected chi connectivity index (χ3v) is 3.69. The van der Waals surface area contributed by atoms with Crippen LogP contribution in [0.2, 0.25) is 0 Å². The van der Waals surface area contributed by atoms with Gasteiger partial charge in [0, 0.05) is 14.5 Å². The Hall–Kier alpha value is -1.66. The fourth-order valence-corrected chi connectivity index (χ4v) is 2.24. The first-order valence-electron chi connectivity index (χ1n) is 5.64. The summed E-state index contributed by atoms with van der Waals surface area (Å²) in [6.45, 7) is 0. The van der Waals surface area contributed by atoms with Gasteiger partial charge in [-0.2, -0.15) is 5.10 Å². The van der Waals surface area contributed by atoms with Crippen molar-refractivity contribution >= 4 is 44.0 Å². The Labute approximate surface area is 132 Å². The van der Waals surface area contributed by atoms with Gasteiger partial charge in [-0.3, -0.25) is 4.79 Å². The third-order valence-electron chi connectivity index (χ3n) is 2.48. The molecule has 0 fully saturated rings. The highest BCUT2D eigenvalue weighted by molar-refractivity contribution is 9.10. The van der Waals surface area contributed by atoms with Crippen molar-refractivity contribution in [2.45, 2.75) is 0 Å². The van der Waals surface area contributed by atoms with Gasteiger partial charge in [-0.25, -0.2) is 5.43 Å². The van der Waals surface area contributed by atoms with E-state index in [9.17, 15) is 9.90 Å². The highest BCUT2D eigenvalue weighted by atomic mass is 79.9. The van der Waals surface area contributed by atoms with E-state index >= 15 is 0 Å². The summed E-state index contributed by atoms with van der Waals surface area (Å²) in [4.78, 5) is 11.9. The van der Waals surface area contributed by atoms with Crippen LogP contribution in [0.3, 0.4) is 0 Å². The van der Waals surface area contributed by atoms with Crippen LogP contribution >= 0.6 is 31.9 Å². The second-order valence-corrected chi connectivity index (χ2v) is 5.65. The molecular weight excluding hydrogens is 388 g/mol. The molecule has 4 nitrogen and oxygen atoms in total. The lowest BCUT2D eigenvalue weighted by atomic mass is 10.2. The average Bonchev–Trinajstić information content (AvgIpc) is 2.43. The number of rotatable bonds is 3. The zero-order chi connectivity index (χ0) is 14.5. The van der Waals surface area contributed by atoms with Crippen molar-refractivity contribution in [1.82, 2.24) is 5.43 Å². The smallest absolute Gasteiger partial charge is 0.275 e.